The summed E-state index contributed by atoms with van der Waals surface area (Å²) in [4.78, 5) is 5.16. The van der Waals surface area contributed by atoms with Crippen molar-refractivity contribution in [3.8, 4) is 11.5 Å². The van der Waals surface area contributed by atoms with Gasteiger partial charge in [0.1, 0.15) is 6.61 Å². The van der Waals surface area contributed by atoms with E-state index >= 15 is 0 Å². The lowest BCUT2D eigenvalue weighted by Crippen LogP contribution is -2.21. The first-order chi connectivity index (χ1) is 13.8. The Kier molecular flexibility index (Phi) is 3.36. The second-order valence-corrected chi connectivity index (χ2v) is 7.46. The Morgan fingerprint density at radius 2 is 1.89 bits per heavy atom. The van der Waals surface area contributed by atoms with Gasteiger partial charge in [0.2, 0.25) is 4.96 Å². The highest BCUT2D eigenvalue weighted by molar-refractivity contribution is 7.16. The Balaban J connectivity index is 1.32. The van der Waals surface area contributed by atoms with E-state index in [-0.39, 0.29) is 6.10 Å². The van der Waals surface area contributed by atoms with Crippen molar-refractivity contribution in [2.45, 2.75) is 12.6 Å². The quantitative estimate of drug-likeness (QED) is 0.471. The van der Waals surface area contributed by atoms with Crippen LogP contribution in [0.3, 0.4) is 0 Å². The predicted octanol–water partition coefficient (Wildman–Crippen LogP) is 3.10. The zero-order chi connectivity index (χ0) is 18.5. The number of hydrogen-bond acceptors (Lipinski definition) is 7. The first kappa shape index (κ1) is 15.6. The summed E-state index contributed by atoms with van der Waals surface area (Å²) in [6.07, 6.45) is 1.55. The minimum absolute atomic E-state index is 0.261. The molecule has 0 radical (unpaired) electrons. The van der Waals surface area contributed by atoms with Gasteiger partial charge in [-0.25, -0.2) is 4.98 Å². The number of benzene rings is 2. The summed E-state index contributed by atoms with van der Waals surface area (Å²) in [5.41, 5.74) is 2.00. The average molecular weight is 390 g/mol. The number of nitrogens with zero attached hydrogens (tertiary/aromatic N) is 6. The number of imidazole rings is 1. The summed E-state index contributed by atoms with van der Waals surface area (Å²) in [6, 6.07) is 15.7. The van der Waals surface area contributed by atoms with Crippen LogP contribution in [-0.4, -0.2) is 36.0 Å². The number of para-hydroxylation sites is 4. The lowest BCUT2D eigenvalue weighted by molar-refractivity contribution is 0.0904. The summed E-state index contributed by atoms with van der Waals surface area (Å²) in [5.74, 6) is 2.24. The van der Waals surface area contributed by atoms with Crippen molar-refractivity contribution in [3.05, 3.63) is 65.7 Å². The van der Waals surface area contributed by atoms with Crippen molar-refractivity contribution in [2.24, 2.45) is 0 Å². The summed E-state index contributed by atoms with van der Waals surface area (Å²) in [5, 5.41) is 14.1. The number of fused-ring (bicyclic) bond motifs is 3. The molecule has 9 heteroatoms. The number of ether oxygens (including phenoxy) is 2. The van der Waals surface area contributed by atoms with Gasteiger partial charge in [0, 0.05) is 0 Å². The van der Waals surface area contributed by atoms with Gasteiger partial charge in [-0.15, -0.1) is 10.2 Å². The molecular weight excluding hydrogens is 376 g/mol. The Hall–Kier alpha value is -3.46. The molecule has 4 heterocycles. The molecule has 0 aliphatic carbocycles. The maximum Gasteiger partial charge on any atom is 0.234 e. The normalized spacial score (nSPS) is 16.1. The molecule has 5 aromatic rings. The van der Waals surface area contributed by atoms with Gasteiger partial charge >= 0.3 is 0 Å². The summed E-state index contributed by atoms with van der Waals surface area (Å²) >= 11 is 1.46. The zero-order valence-corrected chi connectivity index (χ0v) is 15.4. The summed E-state index contributed by atoms with van der Waals surface area (Å²) in [6.45, 7) is 0.957. The highest BCUT2D eigenvalue weighted by Gasteiger charge is 2.26. The van der Waals surface area contributed by atoms with Crippen molar-refractivity contribution in [1.82, 2.24) is 29.4 Å². The first-order valence-corrected chi connectivity index (χ1v) is 9.66. The first-order valence-electron chi connectivity index (χ1n) is 8.84. The Labute approximate surface area is 163 Å². The van der Waals surface area contributed by atoms with Gasteiger partial charge in [-0.05, 0) is 24.3 Å². The fourth-order valence-corrected chi connectivity index (χ4v) is 4.20. The van der Waals surface area contributed by atoms with E-state index in [0.29, 0.717) is 13.2 Å². The Bertz CT molecular complexity index is 1310. The zero-order valence-electron chi connectivity index (χ0n) is 14.6. The highest BCUT2D eigenvalue weighted by atomic mass is 32.1. The largest absolute Gasteiger partial charge is 0.485 e. The van der Waals surface area contributed by atoms with Crippen LogP contribution < -0.4 is 9.47 Å². The topological polar surface area (TPSA) is 79.4 Å². The van der Waals surface area contributed by atoms with E-state index in [1.54, 1.807) is 4.52 Å². The third-order valence-electron chi connectivity index (χ3n) is 4.69. The molecule has 0 spiro atoms. The van der Waals surface area contributed by atoms with Gasteiger partial charge in [-0.1, -0.05) is 35.6 Å². The van der Waals surface area contributed by atoms with Crippen LogP contribution in [0.15, 0.2) is 54.9 Å². The van der Waals surface area contributed by atoms with Crippen LogP contribution in [0.2, 0.25) is 0 Å². The fourth-order valence-electron chi connectivity index (χ4n) is 3.33. The van der Waals surface area contributed by atoms with E-state index in [1.165, 1.54) is 11.3 Å². The van der Waals surface area contributed by atoms with Crippen LogP contribution >= 0.6 is 11.3 Å². The van der Waals surface area contributed by atoms with Gasteiger partial charge < -0.3 is 14.0 Å². The predicted molar refractivity (Wildman–Crippen MR) is 103 cm³/mol. The van der Waals surface area contributed by atoms with E-state index in [4.69, 9.17) is 14.6 Å². The van der Waals surface area contributed by atoms with E-state index < -0.39 is 0 Å². The molecule has 0 saturated heterocycles. The standard InChI is InChI=1S/C19H14N6O2S/c1-2-6-13-12(5-1)20-11-24(13)9-17-21-22-19-25(17)23-18(28-19)16-10-26-14-7-3-4-8-15(14)27-16/h1-8,11,16H,9-10H2. The van der Waals surface area contributed by atoms with Gasteiger partial charge in [-0.2, -0.15) is 9.61 Å². The molecule has 8 nitrogen and oxygen atoms in total. The Morgan fingerprint density at radius 3 is 2.86 bits per heavy atom. The molecule has 1 aliphatic rings. The Morgan fingerprint density at radius 1 is 1.04 bits per heavy atom. The maximum absolute atomic E-state index is 6.07. The van der Waals surface area contributed by atoms with E-state index in [2.05, 4.69) is 15.2 Å². The summed E-state index contributed by atoms with van der Waals surface area (Å²) < 4.78 is 15.7. The van der Waals surface area contributed by atoms with E-state index in [1.807, 2.05) is 59.4 Å². The van der Waals surface area contributed by atoms with Crippen LogP contribution in [0.4, 0.5) is 0 Å². The number of hydrogen-bond donors (Lipinski definition) is 0. The van der Waals surface area contributed by atoms with Gasteiger partial charge in [0.05, 0.1) is 23.9 Å². The molecule has 0 saturated carbocycles. The minimum atomic E-state index is -0.261. The molecule has 3 aromatic heterocycles. The van der Waals surface area contributed by atoms with Crippen molar-refractivity contribution in [2.75, 3.05) is 6.61 Å². The maximum atomic E-state index is 6.07. The number of aromatic nitrogens is 6. The van der Waals surface area contributed by atoms with Crippen molar-refractivity contribution in [3.63, 3.8) is 0 Å². The average Bonchev–Trinajstić information content (AvgIpc) is 3.44. The highest BCUT2D eigenvalue weighted by Crippen LogP contribution is 2.36. The van der Waals surface area contributed by atoms with Gasteiger partial charge in [-0.3, -0.25) is 0 Å². The number of rotatable bonds is 3. The molecule has 1 unspecified atom stereocenters. The molecule has 138 valence electrons. The molecule has 1 aliphatic heterocycles. The monoisotopic (exact) mass is 390 g/mol. The van der Waals surface area contributed by atoms with Crippen molar-refractivity contribution < 1.29 is 9.47 Å². The third-order valence-corrected chi connectivity index (χ3v) is 5.69. The smallest absolute Gasteiger partial charge is 0.234 e. The van der Waals surface area contributed by atoms with E-state index in [9.17, 15) is 0 Å². The van der Waals surface area contributed by atoms with Gasteiger partial charge in [0.25, 0.3) is 0 Å². The third kappa shape index (κ3) is 2.43. The molecule has 1 atom stereocenters. The molecule has 2 aromatic carbocycles. The second-order valence-electron chi connectivity index (χ2n) is 6.48. The molecule has 28 heavy (non-hydrogen) atoms. The molecule has 0 amide bonds. The van der Waals surface area contributed by atoms with Crippen LogP contribution in [-0.2, 0) is 6.54 Å². The summed E-state index contributed by atoms with van der Waals surface area (Å²) in [7, 11) is 0. The minimum Gasteiger partial charge on any atom is -0.485 e. The van der Waals surface area contributed by atoms with Crippen LogP contribution in [0.5, 0.6) is 11.5 Å². The van der Waals surface area contributed by atoms with E-state index in [0.717, 1.165) is 38.3 Å². The fraction of sp³-hybridized carbons (Fsp3) is 0.158. The molecule has 0 fully saturated rings. The van der Waals surface area contributed by atoms with Crippen molar-refractivity contribution in [1.29, 1.82) is 0 Å². The lowest BCUT2D eigenvalue weighted by Gasteiger charge is -2.24. The van der Waals surface area contributed by atoms with Crippen LogP contribution in [0, 0.1) is 0 Å². The molecule has 0 bridgehead atoms. The van der Waals surface area contributed by atoms with Crippen LogP contribution in [0.25, 0.3) is 16.0 Å². The molecular formula is C19H14N6O2S. The van der Waals surface area contributed by atoms with Gasteiger partial charge in [0.15, 0.2) is 28.4 Å². The van der Waals surface area contributed by atoms with Crippen LogP contribution in [0.1, 0.15) is 16.9 Å². The van der Waals surface area contributed by atoms with Crippen molar-refractivity contribution >= 4 is 27.3 Å². The molecule has 0 N–H and O–H groups in total. The second kappa shape index (κ2) is 6.03. The lowest BCUT2D eigenvalue weighted by atomic mass is 10.3. The SMILES string of the molecule is c1ccc2c(c1)OCC(c1nn3c(Cn4cnc5ccccc54)nnc3s1)O2. The molecule has 6 rings (SSSR count).